The number of allylic oxidation sites excluding steroid dienone is 2. The van der Waals surface area contributed by atoms with Gasteiger partial charge >= 0.3 is 0 Å². The summed E-state index contributed by atoms with van der Waals surface area (Å²) in [5.41, 5.74) is 3.82. The van der Waals surface area contributed by atoms with Crippen LogP contribution in [0.15, 0.2) is 11.1 Å². The fourth-order valence-corrected chi connectivity index (χ4v) is 3.76. The molecule has 66 valence electrons. The molecule has 0 spiro atoms. The predicted octanol–water partition coefficient (Wildman–Crippen LogP) is 3.68. The molecule has 2 unspecified atom stereocenters. The van der Waals surface area contributed by atoms with E-state index in [0.717, 1.165) is 11.8 Å². The van der Waals surface area contributed by atoms with Gasteiger partial charge in [-0.05, 0) is 56.8 Å². The quantitative estimate of drug-likeness (QED) is 0.477. The van der Waals surface area contributed by atoms with E-state index in [9.17, 15) is 0 Å². The fraction of sp³-hybridized carbons (Fsp3) is 0.833. The smallest absolute Gasteiger partial charge is 0.0172 e. The summed E-state index contributed by atoms with van der Waals surface area (Å²) in [7, 11) is 0. The first-order valence-corrected chi connectivity index (χ1v) is 5.66. The Kier molecular flexibility index (Phi) is 1.56. The Hall–Kier alpha value is -0.260. The van der Waals surface area contributed by atoms with Crippen LogP contribution in [0.1, 0.15) is 51.4 Å². The summed E-state index contributed by atoms with van der Waals surface area (Å²) in [6.07, 6.45) is 12.0. The average Bonchev–Trinajstić information content (AvgIpc) is 2.71. The molecule has 0 saturated heterocycles. The molecule has 0 aromatic rings. The van der Waals surface area contributed by atoms with E-state index in [1.165, 1.54) is 44.9 Å². The van der Waals surface area contributed by atoms with E-state index in [1.807, 2.05) is 11.1 Å². The molecule has 0 nitrogen and oxygen atoms in total. The third-order valence-electron chi connectivity index (χ3n) is 4.30. The van der Waals surface area contributed by atoms with Gasteiger partial charge in [0.25, 0.3) is 0 Å². The van der Waals surface area contributed by atoms with Gasteiger partial charge in [-0.2, -0.15) is 0 Å². The van der Waals surface area contributed by atoms with Crippen LogP contribution in [0, 0.1) is 11.8 Å². The zero-order valence-corrected chi connectivity index (χ0v) is 7.81. The van der Waals surface area contributed by atoms with Crippen molar-refractivity contribution < 1.29 is 0 Å². The van der Waals surface area contributed by atoms with Gasteiger partial charge in [-0.25, -0.2) is 0 Å². The Bertz CT molecular complexity index is 224. The first-order chi connectivity index (χ1) is 5.95. The van der Waals surface area contributed by atoms with Crippen LogP contribution in [-0.2, 0) is 0 Å². The van der Waals surface area contributed by atoms with Crippen molar-refractivity contribution in [3.63, 3.8) is 0 Å². The number of hydrogen-bond acceptors (Lipinski definition) is 0. The molecule has 0 heteroatoms. The number of fused-ring (bicyclic) bond motifs is 2. The second kappa shape index (κ2) is 2.61. The maximum absolute atomic E-state index is 1.93. The maximum atomic E-state index is 1.93. The summed E-state index contributed by atoms with van der Waals surface area (Å²) in [6, 6.07) is 0. The van der Waals surface area contributed by atoms with Gasteiger partial charge in [-0.3, -0.25) is 0 Å². The standard InChI is InChI=1S/C12H18/c1-3-9-7-8-10-4-2-6-12(10)11(9)5-1/h9,11H,1-8H2. The molecule has 12 heavy (non-hydrogen) atoms. The molecule has 0 aromatic carbocycles. The van der Waals surface area contributed by atoms with Crippen LogP contribution in [0.25, 0.3) is 0 Å². The molecule has 1 saturated carbocycles. The normalized spacial score (nSPS) is 40.0. The summed E-state index contributed by atoms with van der Waals surface area (Å²) >= 11 is 0. The van der Waals surface area contributed by atoms with Gasteiger partial charge in [-0.15, -0.1) is 0 Å². The largest absolute Gasteiger partial charge is 0.0707 e. The third kappa shape index (κ3) is 0.901. The fourth-order valence-electron chi connectivity index (χ4n) is 3.76. The highest BCUT2D eigenvalue weighted by Gasteiger charge is 2.35. The lowest BCUT2D eigenvalue weighted by Crippen LogP contribution is -2.15. The molecule has 3 rings (SSSR count). The first kappa shape index (κ1) is 7.17. The predicted molar refractivity (Wildman–Crippen MR) is 50.9 cm³/mol. The minimum atomic E-state index is 1.07. The molecule has 2 atom stereocenters. The molecule has 3 aliphatic rings. The van der Waals surface area contributed by atoms with Crippen LogP contribution in [0.4, 0.5) is 0 Å². The Morgan fingerprint density at radius 3 is 2.83 bits per heavy atom. The summed E-state index contributed by atoms with van der Waals surface area (Å²) < 4.78 is 0. The van der Waals surface area contributed by atoms with Crippen molar-refractivity contribution in [3.05, 3.63) is 11.1 Å². The Morgan fingerprint density at radius 2 is 1.83 bits per heavy atom. The highest BCUT2D eigenvalue weighted by atomic mass is 14.4. The van der Waals surface area contributed by atoms with Crippen LogP contribution in [0.5, 0.6) is 0 Å². The zero-order valence-electron chi connectivity index (χ0n) is 7.81. The van der Waals surface area contributed by atoms with Crippen molar-refractivity contribution in [3.8, 4) is 0 Å². The minimum Gasteiger partial charge on any atom is -0.0707 e. The van der Waals surface area contributed by atoms with E-state index in [2.05, 4.69) is 0 Å². The van der Waals surface area contributed by atoms with Crippen LogP contribution >= 0.6 is 0 Å². The highest BCUT2D eigenvalue weighted by molar-refractivity contribution is 5.26. The van der Waals surface area contributed by atoms with Crippen LogP contribution in [0.3, 0.4) is 0 Å². The van der Waals surface area contributed by atoms with E-state index in [4.69, 9.17) is 0 Å². The third-order valence-corrected chi connectivity index (χ3v) is 4.30. The maximum Gasteiger partial charge on any atom is -0.0172 e. The Balaban J connectivity index is 1.93. The molecule has 0 radical (unpaired) electrons. The minimum absolute atomic E-state index is 1.07. The van der Waals surface area contributed by atoms with Crippen molar-refractivity contribution in [2.75, 3.05) is 0 Å². The second-order valence-corrected chi connectivity index (χ2v) is 4.82. The zero-order chi connectivity index (χ0) is 7.97. The van der Waals surface area contributed by atoms with E-state index in [0.29, 0.717) is 0 Å². The van der Waals surface area contributed by atoms with E-state index in [1.54, 1.807) is 6.42 Å². The first-order valence-electron chi connectivity index (χ1n) is 5.66. The van der Waals surface area contributed by atoms with Gasteiger partial charge in [0, 0.05) is 0 Å². The van der Waals surface area contributed by atoms with Gasteiger partial charge in [0.2, 0.25) is 0 Å². The van der Waals surface area contributed by atoms with Gasteiger partial charge < -0.3 is 0 Å². The summed E-state index contributed by atoms with van der Waals surface area (Å²) in [5.74, 6) is 2.18. The summed E-state index contributed by atoms with van der Waals surface area (Å²) in [6.45, 7) is 0. The summed E-state index contributed by atoms with van der Waals surface area (Å²) in [4.78, 5) is 0. The molecule has 0 aromatic heterocycles. The van der Waals surface area contributed by atoms with Crippen molar-refractivity contribution in [2.24, 2.45) is 11.8 Å². The highest BCUT2D eigenvalue weighted by Crippen LogP contribution is 2.50. The molecule has 0 bridgehead atoms. The van der Waals surface area contributed by atoms with Crippen LogP contribution < -0.4 is 0 Å². The van der Waals surface area contributed by atoms with Gasteiger partial charge in [0.15, 0.2) is 0 Å². The molecule has 0 amide bonds. The van der Waals surface area contributed by atoms with Crippen LogP contribution in [0.2, 0.25) is 0 Å². The molecule has 0 aliphatic heterocycles. The molecule has 1 fully saturated rings. The van der Waals surface area contributed by atoms with E-state index in [-0.39, 0.29) is 0 Å². The monoisotopic (exact) mass is 162 g/mol. The van der Waals surface area contributed by atoms with E-state index < -0.39 is 0 Å². The van der Waals surface area contributed by atoms with Crippen molar-refractivity contribution >= 4 is 0 Å². The van der Waals surface area contributed by atoms with Crippen molar-refractivity contribution in [1.82, 2.24) is 0 Å². The van der Waals surface area contributed by atoms with Gasteiger partial charge in [0.05, 0.1) is 0 Å². The topological polar surface area (TPSA) is 0 Å². The molecule has 0 N–H and O–H groups in total. The van der Waals surface area contributed by atoms with Crippen LogP contribution in [-0.4, -0.2) is 0 Å². The number of rotatable bonds is 0. The molecule has 0 heterocycles. The van der Waals surface area contributed by atoms with Gasteiger partial charge in [0.1, 0.15) is 0 Å². The lowest BCUT2D eigenvalue weighted by Gasteiger charge is -2.27. The Morgan fingerprint density at radius 1 is 0.833 bits per heavy atom. The second-order valence-electron chi connectivity index (χ2n) is 4.82. The van der Waals surface area contributed by atoms with Gasteiger partial charge in [-0.1, -0.05) is 17.6 Å². The van der Waals surface area contributed by atoms with E-state index >= 15 is 0 Å². The lowest BCUT2D eigenvalue weighted by atomic mass is 9.78. The van der Waals surface area contributed by atoms with Crippen molar-refractivity contribution in [2.45, 2.75) is 51.4 Å². The van der Waals surface area contributed by atoms with Crippen molar-refractivity contribution in [1.29, 1.82) is 0 Å². The molecular weight excluding hydrogens is 144 g/mol. The Labute approximate surface area is 75.0 Å². The SMILES string of the molecule is C1CC2=C(C1)C1CCCC1CC2. The molecular formula is C12H18. The number of hydrogen-bond donors (Lipinski definition) is 0. The summed E-state index contributed by atoms with van der Waals surface area (Å²) in [5, 5.41) is 0. The lowest BCUT2D eigenvalue weighted by molar-refractivity contribution is 0.381. The molecule has 3 aliphatic carbocycles. The average molecular weight is 162 g/mol.